The molecule has 0 N–H and O–H groups in total. The summed E-state index contributed by atoms with van der Waals surface area (Å²) in [6.07, 6.45) is 2.02. The first-order valence-corrected chi connectivity index (χ1v) is 5.80. The van der Waals surface area contributed by atoms with Crippen molar-refractivity contribution in [1.82, 2.24) is 0 Å². The van der Waals surface area contributed by atoms with Gasteiger partial charge in [-0.1, -0.05) is 30.3 Å². The summed E-state index contributed by atoms with van der Waals surface area (Å²) in [5.74, 6) is 0. The van der Waals surface area contributed by atoms with E-state index in [0.717, 1.165) is 13.0 Å². The van der Waals surface area contributed by atoms with E-state index in [2.05, 4.69) is 12.1 Å². The Labute approximate surface area is 95.3 Å². The molecule has 3 heteroatoms. The zero-order valence-electron chi connectivity index (χ0n) is 9.17. The van der Waals surface area contributed by atoms with Gasteiger partial charge in [-0.25, -0.2) is 0 Å². The van der Waals surface area contributed by atoms with E-state index < -0.39 is 0 Å². The molecule has 86 valence electrons. The normalized spacial score (nSPS) is 32.1. The molecule has 3 rings (SSSR count). The van der Waals surface area contributed by atoms with Gasteiger partial charge in [0, 0.05) is 6.42 Å². The smallest absolute Gasteiger partial charge is 0.108 e. The van der Waals surface area contributed by atoms with Crippen LogP contribution in [0.5, 0.6) is 0 Å². The van der Waals surface area contributed by atoms with Gasteiger partial charge >= 0.3 is 0 Å². The van der Waals surface area contributed by atoms with E-state index in [9.17, 15) is 0 Å². The first kappa shape index (κ1) is 10.3. The predicted molar refractivity (Wildman–Crippen MR) is 59.1 cm³/mol. The summed E-state index contributed by atoms with van der Waals surface area (Å²) in [7, 11) is 0. The Kier molecular flexibility index (Phi) is 2.91. The first-order chi connectivity index (χ1) is 7.92. The molecule has 0 aliphatic carbocycles. The van der Waals surface area contributed by atoms with Crippen LogP contribution in [0, 0.1) is 0 Å². The lowest BCUT2D eigenvalue weighted by atomic mass is 10.1. The highest BCUT2D eigenvalue weighted by Crippen LogP contribution is 2.32. The van der Waals surface area contributed by atoms with Crippen LogP contribution in [0.4, 0.5) is 0 Å². The largest absolute Gasteiger partial charge is 0.374 e. The fourth-order valence-electron chi connectivity index (χ4n) is 2.09. The number of hydrogen-bond donors (Lipinski definition) is 0. The number of epoxide rings is 1. The lowest BCUT2D eigenvalue weighted by molar-refractivity contribution is -0.0358. The molecule has 1 aromatic rings. The number of rotatable bonds is 4. The van der Waals surface area contributed by atoms with Crippen LogP contribution < -0.4 is 0 Å². The number of fused-ring (bicyclic) bond motifs is 1. The van der Waals surface area contributed by atoms with E-state index in [4.69, 9.17) is 14.2 Å². The Bertz CT molecular complexity index is 338. The van der Waals surface area contributed by atoms with Crippen LogP contribution in [0.3, 0.4) is 0 Å². The Hall–Kier alpha value is -0.900. The van der Waals surface area contributed by atoms with Crippen molar-refractivity contribution in [2.24, 2.45) is 0 Å². The van der Waals surface area contributed by atoms with Crippen LogP contribution in [0.2, 0.25) is 0 Å². The van der Waals surface area contributed by atoms with Crippen LogP contribution in [0.1, 0.15) is 12.0 Å². The van der Waals surface area contributed by atoms with Crippen molar-refractivity contribution >= 4 is 0 Å². The van der Waals surface area contributed by atoms with Gasteiger partial charge in [-0.3, -0.25) is 0 Å². The molecule has 3 nitrogen and oxygen atoms in total. The van der Waals surface area contributed by atoms with Crippen molar-refractivity contribution < 1.29 is 14.2 Å². The zero-order chi connectivity index (χ0) is 10.8. The maximum Gasteiger partial charge on any atom is 0.108 e. The van der Waals surface area contributed by atoms with Crippen LogP contribution in [0.25, 0.3) is 0 Å². The predicted octanol–water partition coefficient (Wildman–Crippen LogP) is 1.76. The Morgan fingerprint density at radius 1 is 1.19 bits per heavy atom. The highest BCUT2D eigenvalue weighted by Gasteiger charge is 2.44. The van der Waals surface area contributed by atoms with Gasteiger partial charge in [0.25, 0.3) is 0 Å². The number of ether oxygens (including phenoxy) is 3. The molecule has 2 heterocycles. The van der Waals surface area contributed by atoms with E-state index in [1.807, 2.05) is 18.2 Å². The second-order valence-corrected chi connectivity index (χ2v) is 4.40. The minimum absolute atomic E-state index is 0.215. The molecule has 2 unspecified atom stereocenters. The van der Waals surface area contributed by atoms with E-state index in [1.54, 1.807) is 0 Å². The van der Waals surface area contributed by atoms with Gasteiger partial charge in [-0.2, -0.15) is 0 Å². The van der Waals surface area contributed by atoms with E-state index >= 15 is 0 Å². The molecule has 0 saturated carbocycles. The van der Waals surface area contributed by atoms with Gasteiger partial charge in [0.15, 0.2) is 0 Å². The highest BCUT2D eigenvalue weighted by molar-refractivity contribution is 5.13. The Morgan fingerprint density at radius 3 is 2.88 bits per heavy atom. The second-order valence-electron chi connectivity index (χ2n) is 4.40. The maximum atomic E-state index is 5.65. The van der Waals surface area contributed by atoms with Crippen molar-refractivity contribution in [2.75, 3.05) is 13.2 Å². The van der Waals surface area contributed by atoms with E-state index in [0.29, 0.717) is 25.4 Å². The summed E-state index contributed by atoms with van der Waals surface area (Å²) in [6, 6.07) is 10.2. The van der Waals surface area contributed by atoms with Gasteiger partial charge in [-0.05, 0) is 5.56 Å². The second kappa shape index (κ2) is 4.53. The van der Waals surface area contributed by atoms with Crippen molar-refractivity contribution in [3.63, 3.8) is 0 Å². The molecule has 2 saturated heterocycles. The minimum Gasteiger partial charge on any atom is -0.374 e. The standard InChI is InChI=1S/C13H16O3/c1-2-4-10(5-3-1)7-14-8-11-6-12-13(16-12)9-15-11/h1-5,11-13H,6-9H2/t11-,12?,13?/m0/s1. The average molecular weight is 220 g/mol. The van der Waals surface area contributed by atoms with Gasteiger partial charge in [-0.15, -0.1) is 0 Å². The van der Waals surface area contributed by atoms with E-state index in [-0.39, 0.29) is 6.10 Å². The first-order valence-electron chi connectivity index (χ1n) is 5.80. The average Bonchev–Trinajstić information content (AvgIpc) is 3.09. The summed E-state index contributed by atoms with van der Waals surface area (Å²) in [5.41, 5.74) is 1.21. The lowest BCUT2D eigenvalue weighted by Crippen LogP contribution is -2.29. The van der Waals surface area contributed by atoms with Crippen molar-refractivity contribution in [2.45, 2.75) is 31.3 Å². The van der Waals surface area contributed by atoms with Crippen LogP contribution >= 0.6 is 0 Å². The third-order valence-electron chi connectivity index (χ3n) is 3.09. The molecule has 0 aromatic heterocycles. The molecule has 0 radical (unpaired) electrons. The number of hydrogen-bond acceptors (Lipinski definition) is 3. The SMILES string of the molecule is c1ccc(COC[C@@H]2CC3OC3CO2)cc1. The molecular weight excluding hydrogens is 204 g/mol. The molecule has 3 atom stereocenters. The van der Waals surface area contributed by atoms with Crippen LogP contribution in [0.15, 0.2) is 30.3 Å². The summed E-state index contributed by atoms with van der Waals surface area (Å²) >= 11 is 0. The van der Waals surface area contributed by atoms with Gasteiger partial charge in [0.1, 0.15) is 6.10 Å². The van der Waals surface area contributed by atoms with Crippen LogP contribution in [-0.2, 0) is 20.8 Å². The highest BCUT2D eigenvalue weighted by atomic mass is 16.6. The van der Waals surface area contributed by atoms with Crippen molar-refractivity contribution in [1.29, 1.82) is 0 Å². The van der Waals surface area contributed by atoms with Gasteiger partial charge < -0.3 is 14.2 Å². The molecule has 0 bridgehead atoms. The summed E-state index contributed by atoms with van der Waals surface area (Å²) in [5, 5.41) is 0. The molecule has 1 aromatic carbocycles. The third kappa shape index (κ3) is 2.43. The molecular formula is C13H16O3. The van der Waals surface area contributed by atoms with Crippen LogP contribution in [-0.4, -0.2) is 31.5 Å². The maximum absolute atomic E-state index is 5.65. The fraction of sp³-hybridized carbons (Fsp3) is 0.538. The molecule has 0 amide bonds. The molecule has 16 heavy (non-hydrogen) atoms. The fourth-order valence-corrected chi connectivity index (χ4v) is 2.09. The molecule has 2 fully saturated rings. The zero-order valence-corrected chi connectivity index (χ0v) is 9.17. The quantitative estimate of drug-likeness (QED) is 0.724. The summed E-state index contributed by atoms with van der Waals surface area (Å²) < 4.78 is 16.7. The summed E-state index contributed by atoms with van der Waals surface area (Å²) in [6.45, 7) is 2.07. The van der Waals surface area contributed by atoms with Gasteiger partial charge in [0.05, 0.1) is 32.0 Å². The van der Waals surface area contributed by atoms with Crippen molar-refractivity contribution in [3.8, 4) is 0 Å². The molecule has 0 spiro atoms. The number of benzene rings is 1. The lowest BCUT2D eigenvalue weighted by Gasteiger charge is -2.19. The van der Waals surface area contributed by atoms with E-state index in [1.165, 1.54) is 5.56 Å². The minimum atomic E-state index is 0.215. The molecule has 2 aliphatic heterocycles. The van der Waals surface area contributed by atoms with Gasteiger partial charge in [0.2, 0.25) is 0 Å². The van der Waals surface area contributed by atoms with Crippen molar-refractivity contribution in [3.05, 3.63) is 35.9 Å². The monoisotopic (exact) mass is 220 g/mol. The Morgan fingerprint density at radius 2 is 2.06 bits per heavy atom. The topological polar surface area (TPSA) is 31.0 Å². The third-order valence-corrected chi connectivity index (χ3v) is 3.09. The molecule has 2 aliphatic rings. The Balaban J connectivity index is 1.40. The summed E-state index contributed by atoms with van der Waals surface area (Å²) in [4.78, 5) is 0.